The summed E-state index contributed by atoms with van der Waals surface area (Å²) in [5.41, 5.74) is 3.86. The number of nitrogens with one attached hydrogen (secondary N) is 1. The average molecular weight is 319 g/mol. The summed E-state index contributed by atoms with van der Waals surface area (Å²) in [6, 6.07) is 6.25. The van der Waals surface area contributed by atoms with Gasteiger partial charge >= 0.3 is 0 Å². The zero-order chi connectivity index (χ0) is 15.9. The van der Waals surface area contributed by atoms with Gasteiger partial charge in [-0.1, -0.05) is 23.3 Å². The van der Waals surface area contributed by atoms with Gasteiger partial charge in [-0.3, -0.25) is 19.8 Å². The number of allylic oxidation sites excluding steroid dienone is 2. The van der Waals surface area contributed by atoms with Gasteiger partial charge in [0, 0.05) is 10.6 Å². The number of imide groups is 1. The lowest BCUT2D eigenvalue weighted by molar-refractivity contribution is -0.142. The van der Waals surface area contributed by atoms with Gasteiger partial charge in [0.05, 0.1) is 11.8 Å². The Morgan fingerprint density at radius 2 is 1.82 bits per heavy atom. The molecule has 5 nitrogen and oxygen atoms in total. The van der Waals surface area contributed by atoms with Crippen molar-refractivity contribution in [3.8, 4) is 0 Å². The highest BCUT2D eigenvalue weighted by molar-refractivity contribution is 6.30. The monoisotopic (exact) mass is 318 g/mol. The number of carbonyl (C=O) groups is 3. The van der Waals surface area contributed by atoms with E-state index in [-0.39, 0.29) is 23.7 Å². The number of hydrogen-bond acceptors (Lipinski definition) is 3. The molecule has 1 N–H and O–H groups in total. The van der Waals surface area contributed by atoms with Crippen molar-refractivity contribution in [1.29, 1.82) is 0 Å². The Labute approximate surface area is 132 Å². The van der Waals surface area contributed by atoms with Gasteiger partial charge in [-0.2, -0.15) is 5.01 Å². The molecule has 3 rings (SSSR count). The van der Waals surface area contributed by atoms with Gasteiger partial charge in [0.1, 0.15) is 0 Å². The second-order valence-electron chi connectivity index (χ2n) is 5.66. The molecular weight excluding hydrogens is 304 g/mol. The maximum absolute atomic E-state index is 12.4. The molecule has 0 saturated carbocycles. The fraction of sp³-hybridized carbons (Fsp3) is 0.312. The highest BCUT2D eigenvalue weighted by Crippen LogP contribution is 2.36. The Morgan fingerprint density at radius 3 is 2.50 bits per heavy atom. The van der Waals surface area contributed by atoms with Crippen LogP contribution in [0.5, 0.6) is 0 Å². The fourth-order valence-electron chi connectivity index (χ4n) is 2.92. The summed E-state index contributed by atoms with van der Waals surface area (Å²) in [5, 5.41) is 1.39. The van der Waals surface area contributed by atoms with Gasteiger partial charge in [0.15, 0.2) is 0 Å². The lowest BCUT2D eigenvalue weighted by Gasteiger charge is -2.18. The minimum atomic E-state index is -0.498. The summed E-state index contributed by atoms with van der Waals surface area (Å²) in [4.78, 5) is 36.8. The fourth-order valence-corrected chi connectivity index (χ4v) is 3.04. The molecular formula is C16H15ClN2O3. The topological polar surface area (TPSA) is 66.5 Å². The molecule has 22 heavy (non-hydrogen) atoms. The molecule has 1 fully saturated rings. The Balaban J connectivity index is 1.76. The van der Waals surface area contributed by atoms with Gasteiger partial charge in [-0.25, -0.2) is 0 Å². The number of benzene rings is 1. The number of nitrogens with zero attached hydrogens (tertiary/aromatic N) is 1. The summed E-state index contributed by atoms with van der Waals surface area (Å²) < 4.78 is 0. The largest absolute Gasteiger partial charge is 0.272 e. The van der Waals surface area contributed by atoms with Gasteiger partial charge in [0.2, 0.25) is 0 Å². The second-order valence-corrected chi connectivity index (χ2v) is 6.10. The third-order valence-electron chi connectivity index (χ3n) is 4.14. The Morgan fingerprint density at radius 1 is 1.18 bits per heavy atom. The van der Waals surface area contributed by atoms with E-state index in [0.29, 0.717) is 23.4 Å². The van der Waals surface area contributed by atoms with Crippen molar-refractivity contribution in [2.45, 2.75) is 19.8 Å². The first kappa shape index (κ1) is 14.8. The summed E-state index contributed by atoms with van der Waals surface area (Å²) in [6.45, 7) is 1.95. The predicted molar refractivity (Wildman–Crippen MR) is 80.7 cm³/mol. The zero-order valence-electron chi connectivity index (χ0n) is 12.0. The molecule has 2 aliphatic rings. The maximum Gasteiger partial charge on any atom is 0.270 e. The quantitative estimate of drug-likeness (QED) is 0.672. The first-order valence-corrected chi connectivity index (χ1v) is 7.45. The van der Waals surface area contributed by atoms with E-state index in [4.69, 9.17) is 11.6 Å². The molecule has 114 valence electrons. The van der Waals surface area contributed by atoms with Gasteiger partial charge in [0.25, 0.3) is 17.7 Å². The van der Waals surface area contributed by atoms with Crippen LogP contribution in [0.15, 0.2) is 35.9 Å². The second kappa shape index (κ2) is 5.57. The van der Waals surface area contributed by atoms with E-state index in [1.165, 1.54) is 0 Å². The third kappa shape index (κ3) is 2.52. The van der Waals surface area contributed by atoms with Crippen molar-refractivity contribution < 1.29 is 14.4 Å². The van der Waals surface area contributed by atoms with Gasteiger partial charge in [-0.15, -0.1) is 0 Å². The van der Waals surface area contributed by atoms with Gasteiger partial charge in [-0.05, 0) is 44.0 Å². The number of hydrazine groups is 1. The van der Waals surface area contributed by atoms with Crippen molar-refractivity contribution in [2.75, 3.05) is 0 Å². The molecule has 1 aromatic carbocycles. The minimum absolute atomic E-state index is 0.329. The highest BCUT2D eigenvalue weighted by Gasteiger charge is 2.48. The SMILES string of the molecule is CC1=CC[C@H]2C(=O)N(NC(=O)c3ccc(Cl)cc3)C(=O)[C@H]2C1. The normalized spacial score (nSPS) is 24.1. The standard InChI is InChI=1S/C16H15ClN2O3/c1-9-2-7-12-13(8-9)16(22)19(15(12)21)18-14(20)10-3-5-11(17)6-4-10/h2-6,12-13H,7-8H2,1H3,(H,18,20)/t12-,13+/m1/s1. The summed E-state index contributed by atoms with van der Waals surface area (Å²) >= 11 is 5.77. The number of hydrogen-bond donors (Lipinski definition) is 1. The van der Waals surface area contributed by atoms with Crippen LogP contribution in [0.4, 0.5) is 0 Å². The third-order valence-corrected chi connectivity index (χ3v) is 4.39. The summed E-state index contributed by atoms with van der Waals surface area (Å²) in [5.74, 6) is -1.88. The number of rotatable bonds is 2. The van der Waals surface area contributed by atoms with E-state index < -0.39 is 5.91 Å². The van der Waals surface area contributed by atoms with Crippen molar-refractivity contribution in [3.05, 3.63) is 46.5 Å². The van der Waals surface area contributed by atoms with Crippen LogP contribution in [0.1, 0.15) is 30.1 Å². The van der Waals surface area contributed by atoms with Crippen LogP contribution < -0.4 is 5.43 Å². The molecule has 0 aromatic heterocycles. The van der Waals surface area contributed by atoms with E-state index in [1.807, 2.05) is 13.0 Å². The van der Waals surface area contributed by atoms with Crippen LogP contribution in [-0.4, -0.2) is 22.7 Å². The molecule has 1 heterocycles. The molecule has 2 atom stereocenters. The van der Waals surface area contributed by atoms with Crippen molar-refractivity contribution in [3.63, 3.8) is 0 Å². The molecule has 1 saturated heterocycles. The average Bonchev–Trinajstić information content (AvgIpc) is 2.72. The highest BCUT2D eigenvalue weighted by atomic mass is 35.5. The van der Waals surface area contributed by atoms with E-state index in [0.717, 1.165) is 10.6 Å². The van der Waals surface area contributed by atoms with Crippen molar-refractivity contribution in [1.82, 2.24) is 10.4 Å². The minimum Gasteiger partial charge on any atom is -0.272 e. The number of halogens is 1. The molecule has 3 amide bonds. The first-order valence-electron chi connectivity index (χ1n) is 7.07. The van der Waals surface area contributed by atoms with E-state index >= 15 is 0 Å². The maximum atomic E-state index is 12.4. The Bertz CT molecular complexity index is 681. The van der Waals surface area contributed by atoms with Crippen LogP contribution in [0.3, 0.4) is 0 Å². The molecule has 0 radical (unpaired) electrons. The summed E-state index contributed by atoms with van der Waals surface area (Å²) in [7, 11) is 0. The summed E-state index contributed by atoms with van der Waals surface area (Å²) in [6.07, 6.45) is 3.10. The van der Waals surface area contributed by atoms with E-state index in [9.17, 15) is 14.4 Å². The molecule has 1 aliphatic carbocycles. The van der Waals surface area contributed by atoms with E-state index in [1.54, 1.807) is 24.3 Å². The van der Waals surface area contributed by atoms with Crippen LogP contribution in [-0.2, 0) is 9.59 Å². The smallest absolute Gasteiger partial charge is 0.270 e. The molecule has 0 spiro atoms. The van der Waals surface area contributed by atoms with Crippen molar-refractivity contribution >= 4 is 29.3 Å². The molecule has 1 aromatic rings. The number of fused-ring (bicyclic) bond motifs is 1. The Hall–Kier alpha value is -2.14. The molecule has 0 unspecified atom stereocenters. The first-order chi connectivity index (χ1) is 10.5. The number of carbonyl (C=O) groups excluding carboxylic acids is 3. The Kier molecular flexibility index (Phi) is 3.74. The number of amides is 3. The van der Waals surface area contributed by atoms with E-state index in [2.05, 4.69) is 5.43 Å². The lowest BCUT2D eigenvalue weighted by atomic mass is 9.82. The van der Waals surface area contributed by atoms with Crippen molar-refractivity contribution in [2.24, 2.45) is 11.8 Å². The van der Waals surface area contributed by atoms with Crippen LogP contribution >= 0.6 is 11.6 Å². The lowest BCUT2D eigenvalue weighted by Crippen LogP contribution is -2.46. The predicted octanol–water partition coefficient (Wildman–Crippen LogP) is 2.33. The molecule has 6 heteroatoms. The zero-order valence-corrected chi connectivity index (χ0v) is 12.8. The van der Waals surface area contributed by atoms with Crippen LogP contribution in [0, 0.1) is 11.8 Å². The van der Waals surface area contributed by atoms with Crippen LogP contribution in [0.2, 0.25) is 5.02 Å². The van der Waals surface area contributed by atoms with Crippen LogP contribution in [0.25, 0.3) is 0 Å². The van der Waals surface area contributed by atoms with Gasteiger partial charge < -0.3 is 0 Å². The molecule has 1 aliphatic heterocycles. The molecule has 0 bridgehead atoms.